The van der Waals surface area contributed by atoms with E-state index in [-0.39, 0.29) is 5.41 Å². The highest BCUT2D eigenvalue weighted by atomic mass is 16.1. The van der Waals surface area contributed by atoms with E-state index in [1.165, 1.54) is 0 Å². The molecule has 2 aliphatic rings. The minimum Gasteiger partial charge on any atom is -0.305 e. The number of likely N-dealkylation sites (tertiary alicyclic amines) is 1. The molecule has 1 saturated carbocycles. The van der Waals surface area contributed by atoms with E-state index < -0.39 is 0 Å². The van der Waals surface area contributed by atoms with Gasteiger partial charge in [0.2, 0.25) is 0 Å². The number of hydrogen-bond donors (Lipinski definition) is 0. The van der Waals surface area contributed by atoms with Crippen LogP contribution >= 0.6 is 0 Å². The van der Waals surface area contributed by atoms with Crippen molar-refractivity contribution >= 4 is 5.78 Å². The molecule has 62 valence electrons. The first-order valence-electron chi connectivity index (χ1n) is 4.45. The van der Waals surface area contributed by atoms with Crippen LogP contribution in [-0.4, -0.2) is 30.8 Å². The zero-order chi connectivity index (χ0) is 7.90. The fourth-order valence-electron chi connectivity index (χ4n) is 2.50. The number of carbonyl (C=O) groups excluding carboxylic acids is 1. The number of nitrogens with zero attached hydrogens (tertiary/aromatic N) is 1. The maximum atomic E-state index is 11.5. The molecule has 1 heterocycles. The molecule has 1 atom stereocenters. The van der Waals surface area contributed by atoms with E-state index in [0.717, 1.165) is 38.8 Å². The third-order valence-electron chi connectivity index (χ3n) is 3.20. The zero-order valence-corrected chi connectivity index (χ0v) is 7.10. The Morgan fingerprint density at radius 1 is 1.45 bits per heavy atom. The molecule has 2 rings (SSSR count). The van der Waals surface area contributed by atoms with Gasteiger partial charge < -0.3 is 4.90 Å². The van der Waals surface area contributed by atoms with Gasteiger partial charge in [0, 0.05) is 18.4 Å². The first kappa shape index (κ1) is 7.29. The Kier molecular flexibility index (Phi) is 1.53. The van der Waals surface area contributed by atoms with Crippen molar-refractivity contribution in [3.8, 4) is 0 Å². The van der Waals surface area contributed by atoms with Crippen LogP contribution in [0.25, 0.3) is 0 Å². The largest absolute Gasteiger partial charge is 0.305 e. The number of hydrogen-bond acceptors (Lipinski definition) is 2. The second-order valence-corrected chi connectivity index (χ2v) is 4.04. The average Bonchev–Trinajstić information content (AvgIpc) is 2.46. The summed E-state index contributed by atoms with van der Waals surface area (Å²) in [7, 11) is 2.11. The lowest BCUT2D eigenvalue weighted by Gasteiger charge is -2.19. The Balaban J connectivity index is 2.16. The summed E-state index contributed by atoms with van der Waals surface area (Å²) in [6.45, 7) is 2.14. The third-order valence-corrected chi connectivity index (χ3v) is 3.20. The quantitative estimate of drug-likeness (QED) is 0.518. The van der Waals surface area contributed by atoms with Crippen LogP contribution in [-0.2, 0) is 4.79 Å². The molecule has 0 aromatic rings. The lowest BCUT2D eigenvalue weighted by Crippen LogP contribution is -2.28. The summed E-state index contributed by atoms with van der Waals surface area (Å²) in [4.78, 5) is 13.8. The number of carbonyl (C=O) groups is 1. The first-order chi connectivity index (χ1) is 5.23. The van der Waals surface area contributed by atoms with Gasteiger partial charge in [-0.05, 0) is 32.9 Å². The molecule has 1 unspecified atom stereocenters. The fourth-order valence-corrected chi connectivity index (χ4v) is 2.50. The van der Waals surface area contributed by atoms with Crippen LogP contribution in [0.3, 0.4) is 0 Å². The molecule has 1 aliphatic heterocycles. The maximum absolute atomic E-state index is 11.5. The van der Waals surface area contributed by atoms with Crippen molar-refractivity contribution in [1.82, 2.24) is 4.90 Å². The monoisotopic (exact) mass is 153 g/mol. The van der Waals surface area contributed by atoms with Gasteiger partial charge in [0.25, 0.3) is 0 Å². The highest BCUT2D eigenvalue weighted by Gasteiger charge is 2.45. The van der Waals surface area contributed by atoms with Gasteiger partial charge in [-0.1, -0.05) is 0 Å². The molecule has 1 spiro atoms. The molecule has 0 N–H and O–H groups in total. The molecule has 0 bridgehead atoms. The van der Waals surface area contributed by atoms with E-state index in [0.29, 0.717) is 5.78 Å². The molecule has 1 saturated heterocycles. The highest BCUT2D eigenvalue weighted by Crippen LogP contribution is 2.41. The second kappa shape index (κ2) is 2.31. The molecule has 0 radical (unpaired) electrons. The van der Waals surface area contributed by atoms with E-state index >= 15 is 0 Å². The lowest BCUT2D eigenvalue weighted by molar-refractivity contribution is -0.125. The summed E-state index contributed by atoms with van der Waals surface area (Å²) in [6, 6.07) is 0. The molecule has 0 aromatic carbocycles. The second-order valence-electron chi connectivity index (χ2n) is 4.04. The summed E-state index contributed by atoms with van der Waals surface area (Å²) >= 11 is 0. The van der Waals surface area contributed by atoms with Crippen molar-refractivity contribution in [1.29, 1.82) is 0 Å². The third kappa shape index (κ3) is 1.00. The number of rotatable bonds is 0. The van der Waals surface area contributed by atoms with Crippen LogP contribution < -0.4 is 0 Å². The molecular weight excluding hydrogens is 138 g/mol. The van der Waals surface area contributed by atoms with Gasteiger partial charge in [-0.15, -0.1) is 0 Å². The van der Waals surface area contributed by atoms with Crippen molar-refractivity contribution in [2.24, 2.45) is 5.41 Å². The highest BCUT2D eigenvalue weighted by molar-refractivity contribution is 5.87. The van der Waals surface area contributed by atoms with Crippen LogP contribution in [0.1, 0.15) is 25.7 Å². The van der Waals surface area contributed by atoms with E-state index in [9.17, 15) is 4.79 Å². The van der Waals surface area contributed by atoms with Gasteiger partial charge in [0.15, 0.2) is 0 Å². The van der Waals surface area contributed by atoms with Gasteiger partial charge in [-0.3, -0.25) is 4.79 Å². The van der Waals surface area contributed by atoms with Crippen molar-refractivity contribution in [3.63, 3.8) is 0 Å². The molecule has 2 heteroatoms. The molecule has 2 nitrogen and oxygen atoms in total. The maximum Gasteiger partial charge on any atom is 0.140 e. The minimum absolute atomic E-state index is 0.106. The van der Waals surface area contributed by atoms with E-state index in [1.54, 1.807) is 0 Å². The van der Waals surface area contributed by atoms with Gasteiger partial charge in [-0.2, -0.15) is 0 Å². The predicted octanol–water partition coefficient (Wildman–Crippen LogP) is 1.06. The number of ketones is 1. The van der Waals surface area contributed by atoms with Gasteiger partial charge in [0.05, 0.1) is 0 Å². The zero-order valence-electron chi connectivity index (χ0n) is 7.10. The lowest BCUT2D eigenvalue weighted by atomic mass is 9.85. The molecule has 11 heavy (non-hydrogen) atoms. The minimum atomic E-state index is 0.106. The van der Waals surface area contributed by atoms with Gasteiger partial charge >= 0.3 is 0 Å². The Bertz CT molecular complexity index is 190. The smallest absolute Gasteiger partial charge is 0.140 e. The average molecular weight is 153 g/mol. The summed E-state index contributed by atoms with van der Waals surface area (Å²) in [6.07, 6.45) is 4.24. The van der Waals surface area contributed by atoms with Crippen LogP contribution in [0.5, 0.6) is 0 Å². The Hall–Kier alpha value is -0.370. The van der Waals surface area contributed by atoms with Gasteiger partial charge in [0.1, 0.15) is 5.78 Å². The molecule has 1 aliphatic carbocycles. The van der Waals surface area contributed by atoms with E-state index in [4.69, 9.17) is 0 Å². The molecule has 0 amide bonds. The molecule has 2 fully saturated rings. The predicted molar refractivity (Wildman–Crippen MR) is 43.4 cm³/mol. The van der Waals surface area contributed by atoms with Crippen LogP contribution in [0.15, 0.2) is 0 Å². The van der Waals surface area contributed by atoms with E-state index in [2.05, 4.69) is 11.9 Å². The van der Waals surface area contributed by atoms with Crippen LogP contribution in [0, 0.1) is 5.41 Å². The number of Topliss-reactive ketones (excluding diaryl/α,β-unsaturated/α-hetero) is 1. The topological polar surface area (TPSA) is 20.3 Å². The normalized spacial score (nSPS) is 39.2. The SMILES string of the molecule is CN1CCC2(CCCC2=O)C1. The van der Waals surface area contributed by atoms with Crippen molar-refractivity contribution < 1.29 is 4.79 Å². The molecular formula is C9H15NO. The van der Waals surface area contributed by atoms with E-state index in [1.807, 2.05) is 0 Å². The van der Waals surface area contributed by atoms with Crippen molar-refractivity contribution in [2.75, 3.05) is 20.1 Å². The van der Waals surface area contributed by atoms with Crippen molar-refractivity contribution in [3.05, 3.63) is 0 Å². The van der Waals surface area contributed by atoms with Crippen molar-refractivity contribution in [2.45, 2.75) is 25.7 Å². The summed E-state index contributed by atoms with van der Waals surface area (Å²) in [5, 5.41) is 0. The molecule has 0 aromatic heterocycles. The first-order valence-corrected chi connectivity index (χ1v) is 4.45. The van der Waals surface area contributed by atoms with Crippen LogP contribution in [0.2, 0.25) is 0 Å². The Labute approximate surface area is 67.6 Å². The summed E-state index contributed by atoms with van der Waals surface area (Å²) in [5.74, 6) is 0.529. The Morgan fingerprint density at radius 2 is 2.27 bits per heavy atom. The standard InChI is InChI=1S/C9H15NO/c1-10-6-5-9(7-10)4-2-3-8(9)11/h2-7H2,1H3. The Morgan fingerprint density at radius 3 is 2.73 bits per heavy atom. The summed E-state index contributed by atoms with van der Waals surface area (Å²) < 4.78 is 0. The fraction of sp³-hybridized carbons (Fsp3) is 0.889. The summed E-state index contributed by atoms with van der Waals surface area (Å²) in [5.41, 5.74) is 0.106. The van der Waals surface area contributed by atoms with Crippen LogP contribution in [0.4, 0.5) is 0 Å². The van der Waals surface area contributed by atoms with Gasteiger partial charge in [-0.25, -0.2) is 0 Å².